The molecule has 1 aromatic heterocycles. The fourth-order valence-electron chi connectivity index (χ4n) is 3.34. The van der Waals surface area contributed by atoms with E-state index in [1.54, 1.807) is 24.3 Å². The molecular weight excluding hydrogens is 368 g/mol. The van der Waals surface area contributed by atoms with E-state index in [-0.39, 0.29) is 24.1 Å². The van der Waals surface area contributed by atoms with Gasteiger partial charge >= 0.3 is 6.03 Å². The van der Waals surface area contributed by atoms with Gasteiger partial charge in [0.2, 0.25) is 0 Å². The Labute approximate surface area is 170 Å². The number of amides is 2. The van der Waals surface area contributed by atoms with Crippen LogP contribution in [-0.2, 0) is 4.74 Å². The molecule has 2 aromatic rings. The van der Waals surface area contributed by atoms with Gasteiger partial charge in [0.1, 0.15) is 0 Å². The van der Waals surface area contributed by atoms with Crippen molar-refractivity contribution in [2.75, 3.05) is 25.0 Å². The van der Waals surface area contributed by atoms with E-state index in [4.69, 9.17) is 10.1 Å². The highest BCUT2D eigenvalue weighted by molar-refractivity contribution is 6.09. The molecule has 154 valence electrons. The van der Waals surface area contributed by atoms with Crippen molar-refractivity contribution in [3.05, 3.63) is 53.9 Å². The number of anilines is 1. The first-order valence-corrected chi connectivity index (χ1v) is 9.83. The van der Waals surface area contributed by atoms with E-state index < -0.39 is 0 Å². The second kappa shape index (κ2) is 9.38. The number of aromatic amines is 1. The highest BCUT2D eigenvalue weighted by Crippen LogP contribution is 2.16. The van der Waals surface area contributed by atoms with Crippen LogP contribution >= 0.6 is 0 Å². The number of rotatable bonds is 4. The molecule has 1 saturated heterocycles. The molecule has 1 aliphatic heterocycles. The first kappa shape index (κ1) is 20.6. The van der Waals surface area contributed by atoms with Gasteiger partial charge < -0.3 is 25.3 Å². The fourth-order valence-corrected chi connectivity index (χ4v) is 3.34. The van der Waals surface area contributed by atoms with E-state index in [2.05, 4.69) is 25.5 Å². The summed E-state index contributed by atoms with van der Waals surface area (Å²) in [6.45, 7) is 7.93. The van der Waals surface area contributed by atoms with Crippen LogP contribution in [0.5, 0.6) is 0 Å². The molecule has 1 fully saturated rings. The van der Waals surface area contributed by atoms with Gasteiger partial charge in [-0.3, -0.25) is 5.41 Å². The zero-order chi connectivity index (χ0) is 20.8. The van der Waals surface area contributed by atoms with Crippen LogP contribution in [0.4, 0.5) is 10.5 Å². The molecule has 2 amide bonds. The van der Waals surface area contributed by atoms with Gasteiger partial charge in [-0.15, -0.1) is 0 Å². The van der Waals surface area contributed by atoms with Crippen LogP contribution in [0.15, 0.2) is 47.6 Å². The van der Waals surface area contributed by atoms with Gasteiger partial charge in [-0.05, 0) is 57.2 Å². The topological polar surface area (TPSA) is 106 Å². The number of carbonyl (C=O) groups excluding carboxylic acids is 1. The normalized spacial score (nSPS) is 19.7. The number of hydrogen-bond donors (Lipinski definition) is 4. The van der Waals surface area contributed by atoms with E-state index >= 15 is 0 Å². The standard InChI is InChI=1S/C21H28N6O2/c1-4-23-21(28)25-17-9-7-16(8-10-17)19(22)26-20(18-6-5-11-24-18)27-12-14(2)29-15(3)13-27/h5-11,14-15,22,24H,4,12-13H2,1-3H3,(H2,23,25,28)/b22-19?,26-20+. The highest BCUT2D eigenvalue weighted by atomic mass is 16.5. The second-order valence-electron chi connectivity index (χ2n) is 7.09. The van der Waals surface area contributed by atoms with Gasteiger partial charge in [0.05, 0.1) is 17.9 Å². The molecule has 0 saturated carbocycles. The number of urea groups is 1. The number of morpholine rings is 1. The average molecular weight is 396 g/mol. The van der Waals surface area contributed by atoms with Crippen LogP contribution in [0.25, 0.3) is 0 Å². The Morgan fingerprint density at radius 1 is 1.24 bits per heavy atom. The van der Waals surface area contributed by atoms with Crippen molar-refractivity contribution in [2.45, 2.75) is 33.0 Å². The molecule has 2 atom stereocenters. The van der Waals surface area contributed by atoms with Gasteiger partial charge in [0.25, 0.3) is 0 Å². The smallest absolute Gasteiger partial charge is 0.319 e. The van der Waals surface area contributed by atoms with E-state index in [9.17, 15) is 4.79 Å². The van der Waals surface area contributed by atoms with Crippen molar-refractivity contribution in [2.24, 2.45) is 4.99 Å². The van der Waals surface area contributed by atoms with Crippen molar-refractivity contribution in [1.82, 2.24) is 15.2 Å². The minimum atomic E-state index is -0.252. The van der Waals surface area contributed by atoms with Crippen molar-refractivity contribution in [1.29, 1.82) is 5.41 Å². The zero-order valence-electron chi connectivity index (χ0n) is 17.0. The number of H-pyrrole nitrogens is 1. The number of ether oxygens (including phenoxy) is 1. The predicted molar refractivity (Wildman–Crippen MR) is 115 cm³/mol. The molecule has 8 heteroatoms. The van der Waals surface area contributed by atoms with Crippen LogP contribution in [0, 0.1) is 5.41 Å². The number of hydrogen-bond acceptors (Lipinski definition) is 3. The Hall–Kier alpha value is -3.13. The monoisotopic (exact) mass is 396 g/mol. The van der Waals surface area contributed by atoms with Crippen LogP contribution in [0.1, 0.15) is 32.0 Å². The molecule has 1 aromatic carbocycles. The van der Waals surface area contributed by atoms with Crippen LogP contribution < -0.4 is 10.6 Å². The molecule has 2 heterocycles. The second-order valence-corrected chi connectivity index (χ2v) is 7.09. The first-order chi connectivity index (χ1) is 14.0. The Balaban J connectivity index is 1.80. The maximum atomic E-state index is 11.6. The number of amidine groups is 2. The Kier molecular flexibility index (Phi) is 6.66. The molecule has 29 heavy (non-hydrogen) atoms. The lowest BCUT2D eigenvalue weighted by Crippen LogP contribution is -2.48. The van der Waals surface area contributed by atoms with Gasteiger partial charge in [-0.2, -0.15) is 0 Å². The van der Waals surface area contributed by atoms with Crippen LogP contribution in [0.3, 0.4) is 0 Å². The highest BCUT2D eigenvalue weighted by Gasteiger charge is 2.26. The van der Waals surface area contributed by atoms with Gasteiger partial charge in [0, 0.05) is 37.1 Å². The molecule has 0 spiro atoms. The minimum absolute atomic E-state index is 0.0905. The summed E-state index contributed by atoms with van der Waals surface area (Å²) >= 11 is 0. The summed E-state index contributed by atoms with van der Waals surface area (Å²) in [7, 11) is 0. The first-order valence-electron chi connectivity index (χ1n) is 9.83. The average Bonchev–Trinajstić information content (AvgIpc) is 3.20. The van der Waals surface area contributed by atoms with E-state index in [1.807, 2.05) is 39.1 Å². The predicted octanol–water partition coefficient (Wildman–Crippen LogP) is 3.04. The summed E-state index contributed by atoms with van der Waals surface area (Å²) in [4.78, 5) is 21.6. The van der Waals surface area contributed by atoms with Gasteiger partial charge in [-0.1, -0.05) is 0 Å². The number of carbonyl (C=O) groups is 1. The van der Waals surface area contributed by atoms with Gasteiger partial charge in [-0.25, -0.2) is 9.79 Å². The lowest BCUT2D eigenvalue weighted by atomic mass is 10.2. The lowest BCUT2D eigenvalue weighted by Gasteiger charge is -2.37. The number of aromatic nitrogens is 1. The lowest BCUT2D eigenvalue weighted by molar-refractivity contribution is -0.0478. The third kappa shape index (κ3) is 5.45. The Morgan fingerprint density at radius 3 is 2.52 bits per heavy atom. The fraction of sp³-hybridized carbons (Fsp3) is 0.381. The summed E-state index contributed by atoms with van der Waals surface area (Å²) in [6, 6.07) is 10.7. The molecule has 0 bridgehead atoms. The van der Waals surface area contributed by atoms with Crippen LogP contribution in [-0.4, -0.2) is 59.4 Å². The SMILES string of the molecule is CCNC(=O)Nc1ccc(C(=N)/N=C(\c2ccc[nH]2)N2CC(C)OC(C)C2)cc1. The van der Waals surface area contributed by atoms with Crippen molar-refractivity contribution < 1.29 is 9.53 Å². The van der Waals surface area contributed by atoms with Crippen molar-refractivity contribution in [3.8, 4) is 0 Å². The van der Waals surface area contributed by atoms with E-state index in [0.29, 0.717) is 30.9 Å². The number of aliphatic imine (C=N–C) groups is 1. The summed E-state index contributed by atoms with van der Waals surface area (Å²) in [5.41, 5.74) is 2.20. The minimum Gasteiger partial charge on any atom is -0.372 e. The molecule has 1 aliphatic rings. The van der Waals surface area contributed by atoms with Crippen molar-refractivity contribution in [3.63, 3.8) is 0 Å². The van der Waals surface area contributed by atoms with E-state index in [1.165, 1.54) is 0 Å². The number of nitrogens with one attached hydrogen (secondary N) is 4. The van der Waals surface area contributed by atoms with Crippen LogP contribution in [0.2, 0.25) is 0 Å². The van der Waals surface area contributed by atoms with Crippen molar-refractivity contribution >= 4 is 23.4 Å². The quantitative estimate of drug-likeness (QED) is 0.471. The molecule has 0 aliphatic carbocycles. The zero-order valence-corrected chi connectivity index (χ0v) is 17.0. The molecule has 0 radical (unpaired) electrons. The summed E-state index contributed by atoms with van der Waals surface area (Å²) < 4.78 is 5.84. The molecule has 4 N–H and O–H groups in total. The number of nitrogens with zero attached hydrogens (tertiary/aromatic N) is 2. The molecule has 3 rings (SSSR count). The third-order valence-corrected chi connectivity index (χ3v) is 4.53. The molecule has 8 nitrogen and oxygen atoms in total. The Morgan fingerprint density at radius 2 is 1.93 bits per heavy atom. The summed E-state index contributed by atoms with van der Waals surface area (Å²) in [5, 5.41) is 13.9. The van der Waals surface area contributed by atoms with E-state index in [0.717, 1.165) is 11.5 Å². The third-order valence-electron chi connectivity index (χ3n) is 4.53. The van der Waals surface area contributed by atoms with Gasteiger partial charge in [0.15, 0.2) is 11.7 Å². The maximum Gasteiger partial charge on any atom is 0.319 e. The largest absolute Gasteiger partial charge is 0.372 e. The maximum absolute atomic E-state index is 11.6. The molecular formula is C21H28N6O2. The summed E-state index contributed by atoms with van der Waals surface area (Å²) in [5.74, 6) is 0.887. The Bertz CT molecular complexity index is 850. The number of benzene rings is 1. The summed E-state index contributed by atoms with van der Waals surface area (Å²) in [6.07, 6.45) is 2.03. The molecule has 2 unspecified atom stereocenters.